The first-order valence-electron chi connectivity index (χ1n) is 10.5. The van der Waals surface area contributed by atoms with Crippen LogP contribution in [0.5, 0.6) is 0 Å². The van der Waals surface area contributed by atoms with Crippen molar-refractivity contribution in [2.24, 2.45) is 7.05 Å². The highest BCUT2D eigenvalue weighted by molar-refractivity contribution is 5.97. The fourth-order valence-corrected chi connectivity index (χ4v) is 3.68. The van der Waals surface area contributed by atoms with E-state index in [1.165, 1.54) is 17.0 Å². The molecule has 6 heteroatoms. The zero-order valence-electron chi connectivity index (χ0n) is 17.6. The summed E-state index contributed by atoms with van der Waals surface area (Å²) in [4.78, 5) is 29.7. The van der Waals surface area contributed by atoms with Gasteiger partial charge in [-0.2, -0.15) is 0 Å². The third-order valence-electron chi connectivity index (χ3n) is 5.63. The molecular weight excluding hydrogens is 393 g/mol. The summed E-state index contributed by atoms with van der Waals surface area (Å²) < 4.78 is 16.2. The average molecular weight is 420 g/mol. The maximum absolute atomic E-state index is 14.2. The smallest absolute Gasteiger partial charge is 0.257 e. The molecule has 0 bridgehead atoms. The lowest BCUT2D eigenvalue weighted by molar-refractivity contribution is -0.133. The quantitative estimate of drug-likeness (QED) is 0.554. The summed E-state index contributed by atoms with van der Waals surface area (Å²) in [5, 5.41) is 0. The van der Waals surface area contributed by atoms with Gasteiger partial charge in [-0.05, 0) is 42.7 Å². The van der Waals surface area contributed by atoms with E-state index in [4.69, 9.17) is 0 Å². The van der Waals surface area contributed by atoms with Crippen LogP contribution in [-0.2, 0) is 24.9 Å². The fourth-order valence-electron chi connectivity index (χ4n) is 3.68. The molecule has 0 saturated heterocycles. The third kappa shape index (κ3) is 5.02. The second kappa shape index (κ2) is 9.16. The molecule has 2 aromatic carbocycles. The van der Waals surface area contributed by atoms with Gasteiger partial charge in [0, 0.05) is 31.5 Å². The largest absolute Gasteiger partial charge is 0.353 e. The monoisotopic (exact) mass is 419 g/mol. The number of rotatable bonds is 8. The van der Waals surface area contributed by atoms with Crippen LogP contribution in [0.15, 0.2) is 72.9 Å². The number of halogens is 1. The van der Waals surface area contributed by atoms with Crippen LogP contribution in [0.25, 0.3) is 0 Å². The number of aromatic nitrogens is 1. The summed E-state index contributed by atoms with van der Waals surface area (Å²) in [6.07, 6.45) is 3.62. The van der Waals surface area contributed by atoms with Gasteiger partial charge >= 0.3 is 0 Å². The Morgan fingerprint density at radius 3 is 2.32 bits per heavy atom. The summed E-state index contributed by atoms with van der Waals surface area (Å²) in [6, 6.07) is 19.6. The number of hydrogen-bond donors (Lipinski definition) is 0. The third-order valence-corrected chi connectivity index (χ3v) is 5.63. The fraction of sp³-hybridized carbons (Fsp3) is 0.280. The van der Waals surface area contributed by atoms with Gasteiger partial charge in [0.05, 0.1) is 12.1 Å². The molecule has 0 atom stereocenters. The van der Waals surface area contributed by atoms with Crippen LogP contribution >= 0.6 is 0 Å². The highest BCUT2D eigenvalue weighted by atomic mass is 19.1. The molecule has 3 aromatic rings. The predicted octanol–water partition coefficient (Wildman–Crippen LogP) is 4.00. The van der Waals surface area contributed by atoms with E-state index >= 15 is 0 Å². The minimum absolute atomic E-state index is 0.00957. The zero-order valence-corrected chi connectivity index (χ0v) is 17.6. The van der Waals surface area contributed by atoms with Crippen LogP contribution in [0.1, 0.15) is 34.5 Å². The lowest BCUT2D eigenvalue weighted by Gasteiger charge is -2.28. The molecule has 0 radical (unpaired) electrons. The molecule has 1 heterocycles. The maximum atomic E-state index is 14.2. The molecule has 0 aliphatic heterocycles. The number of carbonyl (C=O) groups is 2. The van der Waals surface area contributed by atoms with Gasteiger partial charge < -0.3 is 14.4 Å². The first-order chi connectivity index (χ1) is 15.0. The van der Waals surface area contributed by atoms with Crippen molar-refractivity contribution in [3.8, 4) is 0 Å². The minimum Gasteiger partial charge on any atom is -0.353 e. The highest BCUT2D eigenvalue weighted by Gasteiger charge is 2.36. The second-order valence-corrected chi connectivity index (χ2v) is 7.99. The van der Waals surface area contributed by atoms with Crippen molar-refractivity contribution in [2.45, 2.75) is 32.0 Å². The molecule has 0 unspecified atom stereocenters. The zero-order chi connectivity index (χ0) is 21.8. The molecule has 1 saturated carbocycles. The Balaban J connectivity index is 1.55. The van der Waals surface area contributed by atoms with E-state index in [0.717, 1.165) is 24.1 Å². The molecule has 0 N–H and O–H groups in total. The van der Waals surface area contributed by atoms with Gasteiger partial charge in [0.1, 0.15) is 12.4 Å². The second-order valence-electron chi connectivity index (χ2n) is 7.99. The molecular formula is C25H26FN3O2. The van der Waals surface area contributed by atoms with E-state index in [0.29, 0.717) is 13.1 Å². The topological polar surface area (TPSA) is 45.6 Å². The number of amides is 2. The van der Waals surface area contributed by atoms with Crippen molar-refractivity contribution >= 4 is 11.8 Å². The Hall–Kier alpha value is -3.41. The van der Waals surface area contributed by atoms with Gasteiger partial charge in [0.25, 0.3) is 5.91 Å². The average Bonchev–Trinajstić information content (AvgIpc) is 3.54. The highest BCUT2D eigenvalue weighted by Crippen LogP contribution is 2.29. The molecule has 2 amide bonds. The van der Waals surface area contributed by atoms with E-state index in [9.17, 15) is 14.0 Å². The van der Waals surface area contributed by atoms with Gasteiger partial charge in [0.15, 0.2) is 0 Å². The van der Waals surface area contributed by atoms with Gasteiger partial charge in [-0.1, -0.05) is 42.5 Å². The van der Waals surface area contributed by atoms with Crippen molar-refractivity contribution < 1.29 is 14.0 Å². The summed E-state index contributed by atoms with van der Waals surface area (Å²) in [5.74, 6) is -1.13. The number of hydrogen-bond acceptors (Lipinski definition) is 2. The number of nitrogens with zero attached hydrogens (tertiary/aromatic N) is 3. The summed E-state index contributed by atoms with van der Waals surface area (Å²) >= 11 is 0. The van der Waals surface area contributed by atoms with Gasteiger partial charge in [-0.25, -0.2) is 4.39 Å². The number of aryl methyl sites for hydroxylation is 1. The maximum Gasteiger partial charge on any atom is 0.257 e. The van der Waals surface area contributed by atoms with Gasteiger partial charge in [-0.15, -0.1) is 0 Å². The van der Waals surface area contributed by atoms with Gasteiger partial charge in [0.2, 0.25) is 5.91 Å². The van der Waals surface area contributed by atoms with Crippen molar-refractivity contribution in [1.82, 2.24) is 14.4 Å². The molecule has 4 rings (SSSR count). The minimum atomic E-state index is -0.560. The number of benzene rings is 2. The van der Waals surface area contributed by atoms with E-state index in [2.05, 4.69) is 0 Å². The standard InChI is InChI=1S/C25H26FN3O2/c1-27-15-7-10-21(27)17-28(16-19-8-3-2-4-9-19)24(30)18-29(20-13-14-20)25(31)22-11-5-6-12-23(22)26/h2-12,15,20H,13-14,16-18H2,1H3. The van der Waals surface area contributed by atoms with Crippen LogP contribution in [0.4, 0.5) is 4.39 Å². The molecule has 160 valence electrons. The lowest BCUT2D eigenvalue weighted by atomic mass is 10.1. The SMILES string of the molecule is Cn1cccc1CN(Cc1ccccc1)C(=O)CN(C(=O)c1ccccc1F)C1CC1. The Kier molecular flexibility index (Phi) is 6.16. The van der Waals surface area contributed by atoms with Crippen molar-refractivity contribution in [2.75, 3.05) is 6.54 Å². The molecule has 1 aliphatic rings. The first-order valence-corrected chi connectivity index (χ1v) is 10.5. The Morgan fingerprint density at radius 2 is 1.68 bits per heavy atom. The molecule has 5 nitrogen and oxygen atoms in total. The summed E-state index contributed by atoms with van der Waals surface area (Å²) in [6.45, 7) is 0.815. The van der Waals surface area contributed by atoms with Crippen LogP contribution in [0.2, 0.25) is 0 Å². The molecule has 1 aromatic heterocycles. The van der Waals surface area contributed by atoms with E-state index < -0.39 is 11.7 Å². The van der Waals surface area contributed by atoms with Crippen molar-refractivity contribution in [1.29, 1.82) is 0 Å². The predicted molar refractivity (Wildman–Crippen MR) is 117 cm³/mol. The van der Waals surface area contributed by atoms with Gasteiger partial charge in [-0.3, -0.25) is 9.59 Å². The molecule has 1 aliphatic carbocycles. The van der Waals surface area contributed by atoms with E-state index in [1.807, 2.05) is 60.3 Å². The van der Waals surface area contributed by atoms with Crippen molar-refractivity contribution in [3.05, 3.63) is 95.6 Å². The van der Waals surface area contributed by atoms with Crippen LogP contribution in [0.3, 0.4) is 0 Å². The Labute approximate surface area is 181 Å². The van der Waals surface area contributed by atoms with Crippen LogP contribution in [-0.4, -0.2) is 38.8 Å². The van der Waals surface area contributed by atoms with Crippen LogP contribution < -0.4 is 0 Å². The molecule has 31 heavy (non-hydrogen) atoms. The lowest BCUT2D eigenvalue weighted by Crippen LogP contribution is -2.44. The van der Waals surface area contributed by atoms with E-state index in [1.54, 1.807) is 17.0 Å². The summed E-state index contributed by atoms with van der Waals surface area (Å²) in [7, 11) is 1.94. The molecule has 0 spiro atoms. The number of carbonyl (C=O) groups excluding carboxylic acids is 2. The van der Waals surface area contributed by atoms with E-state index in [-0.39, 0.29) is 24.1 Å². The summed E-state index contributed by atoms with van der Waals surface area (Å²) in [5.41, 5.74) is 2.03. The van der Waals surface area contributed by atoms with Crippen molar-refractivity contribution in [3.63, 3.8) is 0 Å². The molecule has 1 fully saturated rings. The Bertz CT molecular complexity index is 1060. The first kappa shape index (κ1) is 20.8. The normalized spacial score (nSPS) is 13.1. The van der Waals surface area contributed by atoms with Crippen LogP contribution in [0, 0.1) is 5.82 Å². The Morgan fingerprint density at radius 1 is 0.968 bits per heavy atom.